The Morgan fingerprint density at radius 1 is 1.39 bits per heavy atom. The number of carbonyl (C=O) groups is 2. The highest BCUT2D eigenvalue weighted by molar-refractivity contribution is 5.95. The van der Waals surface area contributed by atoms with Gasteiger partial charge in [-0.15, -0.1) is 0 Å². The average molecular weight is 316 g/mol. The highest BCUT2D eigenvalue weighted by atomic mass is 16.4. The van der Waals surface area contributed by atoms with Crippen molar-refractivity contribution in [1.82, 2.24) is 10.3 Å². The van der Waals surface area contributed by atoms with Crippen LogP contribution in [0.1, 0.15) is 42.7 Å². The van der Waals surface area contributed by atoms with Crippen molar-refractivity contribution < 1.29 is 19.8 Å². The Labute approximate surface area is 134 Å². The van der Waals surface area contributed by atoms with Gasteiger partial charge in [0.2, 0.25) is 0 Å². The molecule has 0 bridgehead atoms. The summed E-state index contributed by atoms with van der Waals surface area (Å²) in [7, 11) is 0. The Morgan fingerprint density at radius 2 is 2.13 bits per heavy atom. The molecule has 1 aliphatic carbocycles. The highest BCUT2D eigenvalue weighted by Gasteiger charge is 2.18. The maximum absolute atomic E-state index is 11.9. The molecule has 6 nitrogen and oxygen atoms in total. The topological polar surface area (TPSA) is 99.5 Å². The SMILES string of the molecule is CC1(C)C=CC(c2cnc(C(=O)NCCC(=O)O)c(O)c2)=CC1. The number of amides is 1. The van der Waals surface area contributed by atoms with E-state index in [2.05, 4.69) is 36.3 Å². The lowest BCUT2D eigenvalue weighted by atomic mass is 9.83. The fourth-order valence-corrected chi connectivity index (χ4v) is 2.19. The molecule has 0 saturated heterocycles. The average Bonchev–Trinajstić information content (AvgIpc) is 2.46. The first-order chi connectivity index (χ1) is 10.8. The molecule has 1 amide bonds. The molecule has 0 saturated carbocycles. The van der Waals surface area contributed by atoms with Gasteiger partial charge in [-0.1, -0.05) is 32.1 Å². The van der Waals surface area contributed by atoms with Crippen LogP contribution in [0, 0.1) is 5.41 Å². The van der Waals surface area contributed by atoms with Crippen LogP contribution in [0.2, 0.25) is 0 Å². The molecule has 23 heavy (non-hydrogen) atoms. The summed E-state index contributed by atoms with van der Waals surface area (Å²) in [4.78, 5) is 26.3. The van der Waals surface area contributed by atoms with Gasteiger partial charge >= 0.3 is 5.97 Å². The molecule has 0 fully saturated rings. The Bertz CT molecular complexity index is 690. The van der Waals surface area contributed by atoms with E-state index in [9.17, 15) is 14.7 Å². The second-order valence-corrected chi connectivity index (χ2v) is 6.18. The van der Waals surface area contributed by atoms with Gasteiger partial charge in [-0.25, -0.2) is 4.98 Å². The minimum Gasteiger partial charge on any atom is -0.505 e. The summed E-state index contributed by atoms with van der Waals surface area (Å²) in [5, 5.41) is 21.0. The molecule has 0 aliphatic heterocycles. The third-order valence-electron chi connectivity index (χ3n) is 3.60. The quantitative estimate of drug-likeness (QED) is 0.774. The second-order valence-electron chi connectivity index (χ2n) is 6.18. The molecule has 1 aromatic rings. The van der Waals surface area contributed by atoms with Crippen LogP contribution in [0.15, 0.2) is 30.5 Å². The van der Waals surface area contributed by atoms with Gasteiger partial charge in [0.1, 0.15) is 5.75 Å². The molecule has 0 unspecified atom stereocenters. The van der Waals surface area contributed by atoms with Crippen LogP contribution in [-0.4, -0.2) is 33.6 Å². The predicted molar refractivity (Wildman–Crippen MR) is 86.0 cm³/mol. The van der Waals surface area contributed by atoms with Crippen LogP contribution in [0.4, 0.5) is 0 Å². The molecule has 0 spiro atoms. The van der Waals surface area contributed by atoms with Crippen molar-refractivity contribution in [1.29, 1.82) is 0 Å². The van der Waals surface area contributed by atoms with Crippen LogP contribution in [0.5, 0.6) is 5.75 Å². The van der Waals surface area contributed by atoms with Crippen molar-refractivity contribution >= 4 is 17.4 Å². The Balaban J connectivity index is 2.09. The molecule has 0 atom stereocenters. The number of aromatic nitrogens is 1. The van der Waals surface area contributed by atoms with Crippen molar-refractivity contribution in [3.05, 3.63) is 41.7 Å². The standard InChI is InChI=1S/C17H20N2O4/c1-17(2)6-3-11(4-7-17)12-9-13(20)15(19-10-12)16(23)18-8-5-14(21)22/h3-4,6,9-10,20H,5,7-8H2,1-2H3,(H,18,23)(H,21,22). The predicted octanol–water partition coefficient (Wildman–Crippen LogP) is 2.36. The molecule has 1 aliphatic rings. The lowest BCUT2D eigenvalue weighted by Gasteiger charge is -2.22. The molecule has 0 aromatic carbocycles. The van der Waals surface area contributed by atoms with Gasteiger partial charge in [0.05, 0.1) is 6.42 Å². The summed E-state index contributed by atoms with van der Waals surface area (Å²) in [6.07, 6.45) is 8.39. The number of aromatic hydroxyl groups is 1. The molecular formula is C17H20N2O4. The molecule has 3 N–H and O–H groups in total. The fourth-order valence-electron chi connectivity index (χ4n) is 2.19. The number of carboxylic acids is 1. The van der Waals surface area contributed by atoms with Gasteiger partial charge in [0, 0.05) is 18.3 Å². The molecular weight excluding hydrogens is 296 g/mol. The van der Waals surface area contributed by atoms with Crippen LogP contribution >= 0.6 is 0 Å². The van der Waals surface area contributed by atoms with E-state index in [1.54, 1.807) is 0 Å². The first kappa shape index (κ1) is 16.7. The maximum Gasteiger partial charge on any atom is 0.305 e. The third kappa shape index (κ3) is 4.42. The van der Waals surface area contributed by atoms with Crippen molar-refractivity contribution in [3.8, 4) is 5.75 Å². The zero-order valence-electron chi connectivity index (χ0n) is 13.2. The molecule has 2 rings (SSSR count). The summed E-state index contributed by atoms with van der Waals surface area (Å²) < 4.78 is 0. The number of nitrogens with zero attached hydrogens (tertiary/aromatic N) is 1. The minimum absolute atomic E-state index is 0.0139. The van der Waals surface area contributed by atoms with Crippen LogP contribution in [-0.2, 0) is 4.79 Å². The monoisotopic (exact) mass is 316 g/mol. The summed E-state index contributed by atoms with van der Waals surface area (Å²) in [6.45, 7) is 4.26. The zero-order valence-corrected chi connectivity index (χ0v) is 13.2. The Kier molecular flexibility index (Phi) is 4.83. The normalized spacial score (nSPS) is 15.8. The Hall–Kier alpha value is -2.63. The third-order valence-corrected chi connectivity index (χ3v) is 3.60. The molecule has 1 heterocycles. The molecule has 1 aromatic heterocycles. The zero-order chi connectivity index (χ0) is 17.0. The number of pyridine rings is 1. The number of nitrogens with one attached hydrogen (secondary N) is 1. The summed E-state index contributed by atoms with van der Waals surface area (Å²) in [5.41, 5.74) is 1.68. The van der Waals surface area contributed by atoms with Gasteiger partial charge in [0.15, 0.2) is 5.69 Å². The first-order valence-electron chi connectivity index (χ1n) is 7.37. The second kappa shape index (κ2) is 6.64. The summed E-state index contributed by atoms with van der Waals surface area (Å²) in [5.74, 6) is -1.82. The van der Waals surface area contributed by atoms with E-state index >= 15 is 0 Å². The molecule has 0 radical (unpaired) electrons. The lowest BCUT2D eigenvalue weighted by Crippen LogP contribution is -2.26. The van der Waals surface area contributed by atoms with Crippen molar-refractivity contribution in [2.45, 2.75) is 26.7 Å². The fraction of sp³-hybridized carbons (Fsp3) is 0.353. The number of rotatable bonds is 5. The highest BCUT2D eigenvalue weighted by Crippen LogP contribution is 2.32. The van der Waals surface area contributed by atoms with Crippen LogP contribution in [0.25, 0.3) is 5.57 Å². The van der Waals surface area contributed by atoms with E-state index < -0.39 is 11.9 Å². The number of hydrogen-bond acceptors (Lipinski definition) is 4. The van der Waals surface area contributed by atoms with E-state index in [1.807, 2.05) is 6.08 Å². The van der Waals surface area contributed by atoms with Gasteiger partial charge in [-0.05, 0) is 23.5 Å². The molecule has 6 heteroatoms. The summed E-state index contributed by atoms with van der Waals surface area (Å²) >= 11 is 0. The Morgan fingerprint density at radius 3 is 2.70 bits per heavy atom. The van der Waals surface area contributed by atoms with E-state index in [1.165, 1.54) is 12.3 Å². The first-order valence-corrected chi connectivity index (χ1v) is 7.37. The lowest BCUT2D eigenvalue weighted by molar-refractivity contribution is -0.136. The van der Waals surface area contributed by atoms with Crippen molar-refractivity contribution in [2.75, 3.05) is 6.54 Å². The number of carboxylic acid groups (broad SMARTS) is 1. The van der Waals surface area contributed by atoms with Crippen molar-refractivity contribution in [3.63, 3.8) is 0 Å². The molecule has 122 valence electrons. The van der Waals surface area contributed by atoms with E-state index in [4.69, 9.17) is 5.11 Å². The van der Waals surface area contributed by atoms with E-state index in [0.717, 1.165) is 17.6 Å². The maximum atomic E-state index is 11.9. The largest absolute Gasteiger partial charge is 0.505 e. The summed E-state index contributed by atoms with van der Waals surface area (Å²) in [6, 6.07) is 1.49. The van der Waals surface area contributed by atoms with Gasteiger partial charge in [-0.3, -0.25) is 9.59 Å². The van der Waals surface area contributed by atoms with Crippen LogP contribution < -0.4 is 5.32 Å². The van der Waals surface area contributed by atoms with Gasteiger partial charge in [0.25, 0.3) is 5.91 Å². The van der Waals surface area contributed by atoms with Crippen LogP contribution in [0.3, 0.4) is 0 Å². The minimum atomic E-state index is -1.00. The number of hydrogen-bond donors (Lipinski definition) is 3. The van der Waals surface area contributed by atoms with Gasteiger partial charge < -0.3 is 15.5 Å². The van der Waals surface area contributed by atoms with E-state index in [-0.39, 0.29) is 29.8 Å². The number of carbonyl (C=O) groups excluding carboxylic acids is 1. The smallest absolute Gasteiger partial charge is 0.305 e. The number of allylic oxidation sites excluding steroid dienone is 4. The van der Waals surface area contributed by atoms with Gasteiger partial charge in [-0.2, -0.15) is 0 Å². The number of aliphatic carboxylic acids is 1. The van der Waals surface area contributed by atoms with E-state index in [0.29, 0.717) is 0 Å². The van der Waals surface area contributed by atoms with Crippen molar-refractivity contribution in [2.24, 2.45) is 5.41 Å².